The molecule has 1 aromatic heterocycles. The molecule has 0 spiro atoms. The van der Waals surface area contributed by atoms with Gasteiger partial charge in [-0.2, -0.15) is 0 Å². The van der Waals surface area contributed by atoms with Crippen LogP contribution in [0.5, 0.6) is 0 Å². The van der Waals surface area contributed by atoms with Gasteiger partial charge in [0.15, 0.2) is 0 Å². The third-order valence-electron chi connectivity index (χ3n) is 4.71. The number of benzene rings is 1. The highest BCUT2D eigenvalue weighted by molar-refractivity contribution is 5.88. The predicted octanol–water partition coefficient (Wildman–Crippen LogP) is 2.18. The van der Waals surface area contributed by atoms with Crippen LogP contribution in [0.25, 0.3) is 0 Å². The Labute approximate surface area is 153 Å². The smallest absolute Gasteiger partial charge is 0.242 e. The Morgan fingerprint density at radius 1 is 1.27 bits per heavy atom. The summed E-state index contributed by atoms with van der Waals surface area (Å²) in [6.07, 6.45) is 2.48. The van der Waals surface area contributed by atoms with Crippen LogP contribution in [0.3, 0.4) is 0 Å². The van der Waals surface area contributed by atoms with Crippen LogP contribution in [-0.2, 0) is 22.4 Å². The molecule has 0 radical (unpaired) electrons. The van der Waals surface area contributed by atoms with E-state index in [0.29, 0.717) is 25.3 Å². The molecule has 0 aliphatic carbocycles. The Kier molecular flexibility index (Phi) is 5.71. The van der Waals surface area contributed by atoms with Crippen LogP contribution in [0.1, 0.15) is 35.4 Å². The molecule has 6 heteroatoms. The fourth-order valence-electron chi connectivity index (χ4n) is 3.29. The Morgan fingerprint density at radius 2 is 2.04 bits per heavy atom. The van der Waals surface area contributed by atoms with Crippen molar-refractivity contribution in [2.45, 2.75) is 45.6 Å². The molecule has 0 saturated carbocycles. The first kappa shape index (κ1) is 18.2. The minimum Gasteiger partial charge on any atom is -0.361 e. The van der Waals surface area contributed by atoms with E-state index in [9.17, 15) is 9.59 Å². The molecule has 1 saturated heterocycles. The largest absolute Gasteiger partial charge is 0.361 e. The predicted molar refractivity (Wildman–Crippen MR) is 97.6 cm³/mol. The van der Waals surface area contributed by atoms with Crippen molar-refractivity contribution in [3.8, 4) is 0 Å². The van der Waals surface area contributed by atoms with Gasteiger partial charge in [-0.15, -0.1) is 0 Å². The minimum atomic E-state index is -0.385. The molecule has 2 heterocycles. The van der Waals surface area contributed by atoms with Crippen LogP contribution >= 0.6 is 0 Å². The van der Waals surface area contributed by atoms with E-state index < -0.39 is 0 Å². The Balaban J connectivity index is 1.50. The molecule has 1 atom stereocenters. The van der Waals surface area contributed by atoms with Crippen molar-refractivity contribution in [3.63, 3.8) is 0 Å². The first-order valence-electron chi connectivity index (χ1n) is 9.08. The average Bonchev–Trinajstić information content (AvgIpc) is 3.25. The van der Waals surface area contributed by atoms with E-state index in [4.69, 9.17) is 4.52 Å². The summed E-state index contributed by atoms with van der Waals surface area (Å²) in [5, 5.41) is 6.77. The maximum atomic E-state index is 12.5. The van der Waals surface area contributed by atoms with E-state index >= 15 is 0 Å². The van der Waals surface area contributed by atoms with Crippen LogP contribution in [0.4, 0.5) is 0 Å². The maximum absolute atomic E-state index is 12.5. The number of aryl methyl sites for hydroxylation is 2. The van der Waals surface area contributed by atoms with E-state index in [0.717, 1.165) is 18.5 Å². The van der Waals surface area contributed by atoms with Crippen LogP contribution in [0, 0.1) is 13.8 Å². The molecule has 1 aliphatic heterocycles. The molecular weight excluding hydrogens is 330 g/mol. The topological polar surface area (TPSA) is 75.4 Å². The number of carbonyl (C=O) groups excluding carboxylic acids is 2. The Hall–Kier alpha value is -2.63. The summed E-state index contributed by atoms with van der Waals surface area (Å²) in [7, 11) is 0. The molecule has 1 unspecified atom stereocenters. The van der Waals surface area contributed by atoms with Gasteiger partial charge in [-0.3, -0.25) is 9.59 Å². The van der Waals surface area contributed by atoms with E-state index in [2.05, 4.69) is 41.7 Å². The van der Waals surface area contributed by atoms with Crippen LogP contribution in [0.2, 0.25) is 0 Å². The van der Waals surface area contributed by atoms with Crippen molar-refractivity contribution in [2.24, 2.45) is 0 Å². The zero-order valence-corrected chi connectivity index (χ0v) is 15.3. The van der Waals surface area contributed by atoms with Gasteiger partial charge in [-0.25, -0.2) is 0 Å². The lowest BCUT2D eigenvalue weighted by atomic mass is 10.1. The third-order valence-corrected chi connectivity index (χ3v) is 4.71. The second-order valence-electron chi connectivity index (χ2n) is 6.88. The molecule has 1 N–H and O–H groups in total. The van der Waals surface area contributed by atoms with Gasteiger partial charge >= 0.3 is 0 Å². The summed E-state index contributed by atoms with van der Waals surface area (Å²) < 4.78 is 5.11. The van der Waals surface area contributed by atoms with Crippen molar-refractivity contribution < 1.29 is 14.1 Å². The summed E-state index contributed by atoms with van der Waals surface area (Å²) in [6.45, 7) is 5.05. The summed E-state index contributed by atoms with van der Waals surface area (Å²) in [6, 6.07) is 9.66. The number of aromatic nitrogens is 1. The number of hydrogen-bond donors (Lipinski definition) is 1. The van der Waals surface area contributed by atoms with Gasteiger partial charge in [0.2, 0.25) is 11.8 Å². The van der Waals surface area contributed by atoms with E-state index in [1.807, 2.05) is 6.92 Å². The second kappa shape index (κ2) is 8.17. The fourth-order valence-corrected chi connectivity index (χ4v) is 3.29. The quantitative estimate of drug-likeness (QED) is 0.862. The van der Waals surface area contributed by atoms with Gasteiger partial charge in [0.05, 0.1) is 12.1 Å². The molecule has 1 aromatic carbocycles. The molecule has 2 aromatic rings. The number of nitrogens with one attached hydrogen (secondary N) is 1. The average molecular weight is 355 g/mol. The monoisotopic (exact) mass is 355 g/mol. The van der Waals surface area contributed by atoms with Crippen molar-refractivity contribution in [1.82, 2.24) is 15.4 Å². The Morgan fingerprint density at radius 3 is 2.73 bits per heavy atom. The fraction of sp³-hybridized carbons (Fsp3) is 0.450. The van der Waals surface area contributed by atoms with Crippen molar-refractivity contribution >= 4 is 11.8 Å². The highest BCUT2D eigenvalue weighted by Gasteiger charge is 2.34. The van der Waals surface area contributed by atoms with Crippen molar-refractivity contribution in [3.05, 3.63) is 52.9 Å². The molecule has 138 valence electrons. The lowest BCUT2D eigenvalue weighted by molar-refractivity contribution is -0.138. The number of rotatable bonds is 6. The molecule has 1 aliphatic rings. The number of hydrogen-bond acceptors (Lipinski definition) is 4. The van der Waals surface area contributed by atoms with Gasteiger partial charge in [-0.1, -0.05) is 35.0 Å². The number of carbonyl (C=O) groups is 2. The first-order chi connectivity index (χ1) is 12.5. The van der Waals surface area contributed by atoms with E-state index in [-0.39, 0.29) is 24.3 Å². The van der Waals surface area contributed by atoms with Crippen LogP contribution in [0.15, 0.2) is 34.9 Å². The van der Waals surface area contributed by atoms with Gasteiger partial charge in [0, 0.05) is 19.2 Å². The van der Waals surface area contributed by atoms with E-state index in [1.54, 1.807) is 11.0 Å². The summed E-state index contributed by atoms with van der Waals surface area (Å²) in [4.78, 5) is 26.7. The highest BCUT2D eigenvalue weighted by atomic mass is 16.5. The summed E-state index contributed by atoms with van der Waals surface area (Å²) >= 11 is 0. The highest BCUT2D eigenvalue weighted by Crippen LogP contribution is 2.19. The van der Waals surface area contributed by atoms with Crippen molar-refractivity contribution in [2.75, 3.05) is 13.1 Å². The lowest BCUT2D eigenvalue weighted by Gasteiger charge is -2.23. The zero-order chi connectivity index (χ0) is 18.5. The summed E-state index contributed by atoms with van der Waals surface area (Å²) in [5.74, 6) is 0.381. The van der Waals surface area contributed by atoms with Gasteiger partial charge in [0.1, 0.15) is 11.8 Å². The molecule has 2 amide bonds. The molecule has 6 nitrogen and oxygen atoms in total. The zero-order valence-electron chi connectivity index (χ0n) is 15.3. The molecule has 26 heavy (non-hydrogen) atoms. The molecule has 0 bridgehead atoms. The van der Waals surface area contributed by atoms with Gasteiger partial charge in [0.25, 0.3) is 0 Å². The number of amides is 2. The molecule has 1 fully saturated rings. The lowest BCUT2D eigenvalue weighted by Crippen LogP contribution is -2.46. The second-order valence-corrected chi connectivity index (χ2v) is 6.88. The van der Waals surface area contributed by atoms with Crippen molar-refractivity contribution in [1.29, 1.82) is 0 Å². The van der Waals surface area contributed by atoms with Gasteiger partial charge in [-0.05, 0) is 38.7 Å². The van der Waals surface area contributed by atoms with Gasteiger partial charge < -0.3 is 14.7 Å². The number of likely N-dealkylation sites (tertiary alicyclic amines) is 1. The Bertz CT molecular complexity index is 767. The third kappa shape index (κ3) is 4.50. The maximum Gasteiger partial charge on any atom is 0.242 e. The van der Waals surface area contributed by atoms with Crippen LogP contribution in [-0.4, -0.2) is 41.0 Å². The van der Waals surface area contributed by atoms with Crippen LogP contribution < -0.4 is 5.32 Å². The SMILES string of the molecule is Cc1ccc(CCNC(=O)C2CCCN2C(=O)Cc2cc(C)no2)cc1. The molecule has 3 rings (SSSR count). The standard InChI is InChI=1S/C20H25N3O3/c1-14-5-7-16(8-6-14)9-10-21-20(25)18-4-3-11-23(18)19(24)13-17-12-15(2)22-26-17/h5-8,12,18H,3-4,9-11,13H2,1-2H3,(H,21,25). The first-order valence-corrected chi connectivity index (χ1v) is 9.08. The van der Waals surface area contributed by atoms with E-state index in [1.165, 1.54) is 11.1 Å². The summed E-state index contributed by atoms with van der Waals surface area (Å²) in [5.41, 5.74) is 3.16. The number of nitrogens with zero attached hydrogens (tertiary/aromatic N) is 2. The minimum absolute atomic E-state index is 0.0725. The molecular formula is C20H25N3O3. The normalized spacial score (nSPS) is 16.7.